The van der Waals surface area contributed by atoms with E-state index in [1.807, 2.05) is 0 Å². The van der Waals surface area contributed by atoms with Crippen molar-refractivity contribution in [1.82, 2.24) is 0 Å². The van der Waals surface area contributed by atoms with E-state index in [1.165, 1.54) is 178 Å². The largest absolute Gasteiger partial charge is 0.0622 e. The van der Waals surface area contributed by atoms with Crippen LogP contribution in [0.15, 0.2) is 388 Å². The van der Waals surface area contributed by atoms with Crippen molar-refractivity contribution in [2.24, 2.45) is 0 Å². The van der Waals surface area contributed by atoms with Gasteiger partial charge in [0.2, 0.25) is 0 Å². The van der Waals surface area contributed by atoms with Gasteiger partial charge in [0.15, 0.2) is 0 Å². The lowest BCUT2D eigenvalue weighted by Gasteiger charge is -2.16. The Labute approximate surface area is 694 Å². The van der Waals surface area contributed by atoms with E-state index < -0.39 is 0 Å². The van der Waals surface area contributed by atoms with Crippen molar-refractivity contribution in [3.05, 3.63) is 477 Å². The van der Waals surface area contributed by atoms with Gasteiger partial charge < -0.3 is 0 Å². The predicted molar refractivity (Wildman–Crippen MR) is 501 cm³/mol. The van der Waals surface area contributed by atoms with Crippen molar-refractivity contribution in [3.63, 3.8) is 0 Å². The summed E-state index contributed by atoms with van der Waals surface area (Å²) in [5, 5.41) is 0. The van der Waals surface area contributed by atoms with Crippen molar-refractivity contribution in [1.29, 1.82) is 0 Å². The summed E-state index contributed by atoms with van der Waals surface area (Å²) in [5.41, 5.74) is 43.9. The van der Waals surface area contributed by atoms with Crippen molar-refractivity contribution in [2.75, 3.05) is 0 Å². The molecule has 0 nitrogen and oxygen atoms in total. The van der Waals surface area contributed by atoms with E-state index in [1.54, 1.807) is 0 Å². The summed E-state index contributed by atoms with van der Waals surface area (Å²) in [5.74, 6) is 0. The first-order chi connectivity index (χ1) is 57.1. The lowest BCUT2D eigenvalue weighted by molar-refractivity contribution is 0.995. The Morgan fingerprint density at radius 3 is 0.397 bits per heavy atom. The van der Waals surface area contributed by atoms with E-state index in [-0.39, 0.29) is 0 Å². The maximum absolute atomic E-state index is 2.41. The molecule has 16 aromatic rings. The van der Waals surface area contributed by atoms with Gasteiger partial charge >= 0.3 is 0 Å². The van der Waals surface area contributed by atoms with Crippen LogP contribution < -0.4 is 0 Å². The fraction of sp³-hybridized carbons (Fsp3) is 0.172. The first kappa shape index (κ1) is 81.5. The number of benzene rings is 16. The van der Waals surface area contributed by atoms with E-state index in [0.717, 1.165) is 77.0 Å². The third kappa shape index (κ3) is 21.3. The van der Waals surface area contributed by atoms with Crippen molar-refractivity contribution in [3.8, 4) is 89.0 Å². The molecule has 576 valence electrons. The van der Waals surface area contributed by atoms with E-state index in [2.05, 4.69) is 444 Å². The highest BCUT2D eigenvalue weighted by atomic mass is 14.2. The van der Waals surface area contributed by atoms with Crippen LogP contribution in [0.5, 0.6) is 0 Å². The molecule has 0 atom stereocenters. The van der Waals surface area contributed by atoms with E-state index >= 15 is 0 Å². The van der Waals surface area contributed by atoms with Crippen LogP contribution in [-0.2, 0) is 77.0 Å². The molecule has 0 amide bonds. The third-order valence-corrected chi connectivity index (χ3v) is 22.9. The first-order valence-electron chi connectivity index (χ1n) is 42.5. The fourth-order valence-corrected chi connectivity index (χ4v) is 16.8. The van der Waals surface area contributed by atoms with Gasteiger partial charge in [-0.1, -0.05) is 444 Å². The number of hydrogen-bond acceptors (Lipinski definition) is 0. The number of hydrogen-bond donors (Lipinski definition) is 0. The maximum Gasteiger partial charge on any atom is -0.00227 e. The van der Waals surface area contributed by atoms with Crippen LogP contribution in [0.2, 0.25) is 0 Å². The Kier molecular flexibility index (Phi) is 29.2. The Morgan fingerprint density at radius 1 is 0.121 bits per heavy atom. The molecule has 0 bridgehead atoms. The molecule has 0 aromatic heterocycles. The molecule has 0 fully saturated rings. The smallest absolute Gasteiger partial charge is 0.00227 e. The lowest BCUT2D eigenvalue weighted by atomic mass is 9.88. The second kappa shape index (κ2) is 41.5. The average Bonchev–Trinajstić information content (AvgIpc) is 0.813. The summed E-state index contributed by atoms with van der Waals surface area (Å²) >= 11 is 0. The molecular weight excluding hydrogens is 1390 g/mol. The summed E-state index contributed by atoms with van der Waals surface area (Å²) in [6, 6.07) is 141. The molecule has 0 unspecified atom stereocenters. The lowest BCUT2D eigenvalue weighted by Crippen LogP contribution is -2.01. The van der Waals surface area contributed by atoms with Gasteiger partial charge in [-0.15, -0.1) is 0 Å². The molecule has 0 N–H and O–H groups in total. The zero-order chi connectivity index (χ0) is 80.2. The molecule has 0 spiro atoms. The maximum atomic E-state index is 2.41. The summed E-state index contributed by atoms with van der Waals surface area (Å²) in [6.45, 7) is 18.2. The molecule has 16 rings (SSSR count). The highest BCUT2D eigenvalue weighted by Gasteiger charge is 2.17. The van der Waals surface area contributed by atoms with E-state index in [9.17, 15) is 0 Å². The van der Waals surface area contributed by atoms with Gasteiger partial charge in [0.05, 0.1) is 0 Å². The molecule has 116 heavy (non-hydrogen) atoms. The van der Waals surface area contributed by atoms with Gasteiger partial charge in [-0.05, 0) is 255 Å². The zero-order valence-corrected chi connectivity index (χ0v) is 69.4. The molecule has 0 heteroatoms. The summed E-state index contributed by atoms with van der Waals surface area (Å²) in [7, 11) is 0. The van der Waals surface area contributed by atoms with Gasteiger partial charge in [0, 0.05) is 0 Å². The normalized spacial score (nSPS) is 10.8. The average molecular weight is 1510 g/mol. The minimum absolute atomic E-state index is 0.993. The molecule has 0 heterocycles. The Morgan fingerprint density at radius 2 is 0.250 bits per heavy atom. The van der Waals surface area contributed by atoms with Gasteiger partial charge in [-0.25, -0.2) is 0 Å². The highest BCUT2D eigenvalue weighted by molar-refractivity contribution is 5.77. The summed E-state index contributed by atoms with van der Waals surface area (Å²) in [6.07, 6.45) is 12.6. The van der Waals surface area contributed by atoms with Crippen LogP contribution >= 0.6 is 0 Å². The van der Waals surface area contributed by atoms with Crippen LogP contribution in [0.3, 0.4) is 0 Å². The second-order valence-corrected chi connectivity index (χ2v) is 30.3. The van der Waals surface area contributed by atoms with Crippen LogP contribution in [0, 0.1) is 0 Å². The second-order valence-electron chi connectivity index (χ2n) is 30.3. The summed E-state index contributed by atoms with van der Waals surface area (Å²) in [4.78, 5) is 0. The van der Waals surface area contributed by atoms with E-state index in [4.69, 9.17) is 0 Å². The topological polar surface area (TPSA) is 0 Å². The van der Waals surface area contributed by atoms with Crippen molar-refractivity contribution < 1.29 is 0 Å². The molecule has 0 aliphatic heterocycles. The minimum atomic E-state index is 0.993. The molecule has 0 aliphatic rings. The van der Waals surface area contributed by atoms with Gasteiger partial charge in [-0.2, -0.15) is 0 Å². The molecule has 0 saturated heterocycles. The van der Waals surface area contributed by atoms with Crippen LogP contribution in [0.25, 0.3) is 89.0 Å². The SMILES string of the molecule is CCc1cc(-c2ccc(-c3ccccc3)cc2)cc(Cc2ccccc2)c1CC.CCc1cc(-c2ccc(-c3ccccc3)cc2)cc(Cc2ccccc2)c1CC.CCc1cc(-c2ccc(-c3ccccc3)cc2)cc(Cc2ccccc2)c1CC.CCc1cc(-c2ccc(-c3ccccc3)cc2)cc(Cc2ccccc2)c1CC. The van der Waals surface area contributed by atoms with Gasteiger partial charge in [-0.3, -0.25) is 0 Å². The minimum Gasteiger partial charge on any atom is -0.0622 e. The molecule has 0 radical (unpaired) electrons. The number of rotatable bonds is 24. The molecule has 16 aromatic carbocycles. The van der Waals surface area contributed by atoms with Gasteiger partial charge in [0.25, 0.3) is 0 Å². The number of aryl methyl sites for hydroxylation is 4. The summed E-state index contributed by atoms with van der Waals surface area (Å²) < 4.78 is 0. The Hall–Kier alpha value is -12.5. The molecular formula is C116H112. The molecule has 0 aliphatic carbocycles. The fourth-order valence-electron chi connectivity index (χ4n) is 16.8. The van der Waals surface area contributed by atoms with Gasteiger partial charge in [0.1, 0.15) is 0 Å². The van der Waals surface area contributed by atoms with Crippen LogP contribution in [0.1, 0.15) is 144 Å². The Bertz CT molecular complexity index is 4950. The third-order valence-electron chi connectivity index (χ3n) is 22.9. The predicted octanol–water partition coefficient (Wildman–Crippen LogP) is 30.9. The quantitative estimate of drug-likeness (QED) is 0.0566. The van der Waals surface area contributed by atoms with E-state index in [0.29, 0.717) is 0 Å². The molecule has 0 saturated carbocycles. The standard InChI is InChI=1S/4C29H28/c4*1-3-23-20-27(21-28(29(23)4-2)19-22-11-7-5-8-12-22)26-17-15-25(16-18-26)24-13-9-6-10-14-24/h4*5-18,20-21H,3-4,19H2,1-2H3. The zero-order valence-electron chi connectivity index (χ0n) is 69.4. The van der Waals surface area contributed by atoms with Crippen LogP contribution in [0.4, 0.5) is 0 Å². The van der Waals surface area contributed by atoms with Crippen molar-refractivity contribution >= 4 is 0 Å². The van der Waals surface area contributed by atoms with Crippen molar-refractivity contribution in [2.45, 2.75) is 132 Å². The first-order valence-corrected chi connectivity index (χ1v) is 42.5. The van der Waals surface area contributed by atoms with Crippen LogP contribution in [-0.4, -0.2) is 0 Å². The monoisotopic (exact) mass is 1500 g/mol. The highest BCUT2D eigenvalue weighted by Crippen LogP contribution is 2.37. The Balaban J connectivity index is 0.000000135.